The van der Waals surface area contributed by atoms with E-state index in [0.717, 1.165) is 0 Å². The average Bonchev–Trinajstić information content (AvgIpc) is 2.08. The van der Waals surface area contributed by atoms with Crippen molar-refractivity contribution in [3.05, 3.63) is 12.1 Å². The van der Waals surface area contributed by atoms with Crippen LogP contribution in [0.4, 0.5) is 11.4 Å². The van der Waals surface area contributed by atoms with Gasteiger partial charge in [0.15, 0.2) is 11.5 Å². The summed E-state index contributed by atoms with van der Waals surface area (Å²) in [5.74, 6) is 0.968. The molecule has 0 fully saturated rings. The third-order valence-electron chi connectivity index (χ3n) is 1.58. The summed E-state index contributed by atoms with van der Waals surface area (Å²) in [6.45, 7) is 0. The van der Waals surface area contributed by atoms with Crippen LogP contribution in [0.2, 0.25) is 0 Å². The molecule has 0 radical (unpaired) electrons. The van der Waals surface area contributed by atoms with E-state index in [1.807, 2.05) is 0 Å². The molecule has 1 aromatic carbocycles. The van der Waals surface area contributed by atoms with E-state index in [1.54, 1.807) is 12.1 Å². The molecule has 0 aromatic heterocycles. The minimum Gasteiger partial charge on any atom is -0.491 e. The summed E-state index contributed by atoms with van der Waals surface area (Å²) in [7, 11) is 3.04. The highest BCUT2D eigenvalue weighted by Crippen LogP contribution is 2.37. The Balaban J connectivity index is 3.28. The maximum absolute atomic E-state index is 5.62. The van der Waals surface area contributed by atoms with Crippen LogP contribution in [-0.4, -0.2) is 14.2 Å². The van der Waals surface area contributed by atoms with Gasteiger partial charge < -0.3 is 20.9 Å². The van der Waals surface area contributed by atoms with Crippen molar-refractivity contribution in [1.82, 2.24) is 0 Å². The van der Waals surface area contributed by atoms with Gasteiger partial charge in [-0.15, -0.1) is 0 Å². The quantitative estimate of drug-likeness (QED) is 0.643. The standard InChI is InChI=1S/C8H12N2O2/c1-11-7-5(9)3-4-6(10)8(7)12-2/h3-4H,9-10H2,1-2H3. The Bertz CT molecular complexity index is 258. The van der Waals surface area contributed by atoms with Crippen molar-refractivity contribution in [3.63, 3.8) is 0 Å². The van der Waals surface area contributed by atoms with Gasteiger partial charge in [-0.3, -0.25) is 0 Å². The molecule has 0 saturated carbocycles. The number of ether oxygens (including phenoxy) is 2. The van der Waals surface area contributed by atoms with Crippen LogP contribution in [0.25, 0.3) is 0 Å². The molecule has 0 amide bonds. The molecule has 12 heavy (non-hydrogen) atoms. The third-order valence-corrected chi connectivity index (χ3v) is 1.58. The average molecular weight is 168 g/mol. The lowest BCUT2D eigenvalue weighted by Crippen LogP contribution is -1.99. The van der Waals surface area contributed by atoms with Crippen molar-refractivity contribution in [1.29, 1.82) is 0 Å². The zero-order valence-electron chi connectivity index (χ0n) is 7.13. The monoisotopic (exact) mass is 168 g/mol. The van der Waals surface area contributed by atoms with Crippen LogP contribution < -0.4 is 20.9 Å². The molecule has 0 bridgehead atoms. The zero-order valence-corrected chi connectivity index (χ0v) is 7.13. The van der Waals surface area contributed by atoms with E-state index in [-0.39, 0.29) is 0 Å². The van der Waals surface area contributed by atoms with E-state index in [4.69, 9.17) is 20.9 Å². The summed E-state index contributed by atoms with van der Waals surface area (Å²) in [4.78, 5) is 0. The predicted octanol–water partition coefficient (Wildman–Crippen LogP) is 0.868. The summed E-state index contributed by atoms with van der Waals surface area (Å²) in [6, 6.07) is 3.35. The fourth-order valence-corrected chi connectivity index (χ4v) is 1.01. The maximum Gasteiger partial charge on any atom is 0.185 e. The molecule has 0 atom stereocenters. The second kappa shape index (κ2) is 3.21. The first-order valence-corrected chi connectivity index (χ1v) is 3.46. The van der Waals surface area contributed by atoms with Crippen LogP contribution >= 0.6 is 0 Å². The van der Waals surface area contributed by atoms with Crippen LogP contribution in [0, 0.1) is 0 Å². The number of benzene rings is 1. The van der Waals surface area contributed by atoms with Crippen molar-refractivity contribution >= 4 is 11.4 Å². The van der Waals surface area contributed by atoms with Gasteiger partial charge in [-0.25, -0.2) is 0 Å². The highest BCUT2D eigenvalue weighted by atomic mass is 16.5. The first-order chi connectivity index (χ1) is 5.70. The molecule has 4 nitrogen and oxygen atoms in total. The molecular weight excluding hydrogens is 156 g/mol. The van der Waals surface area contributed by atoms with Gasteiger partial charge in [-0.05, 0) is 12.1 Å². The fraction of sp³-hybridized carbons (Fsp3) is 0.250. The number of hydrogen-bond acceptors (Lipinski definition) is 4. The van der Waals surface area contributed by atoms with Gasteiger partial charge in [-0.2, -0.15) is 0 Å². The van der Waals surface area contributed by atoms with Gasteiger partial charge in [-0.1, -0.05) is 0 Å². The topological polar surface area (TPSA) is 70.5 Å². The Morgan fingerprint density at radius 2 is 1.25 bits per heavy atom. The summed E-state index contributed by atoms with van der Waals surface area (Å²) in [6.07, 6.45) is 0. The molecule has 0 heterocycles. The van der Waals surface area contributed by atoms with E-state index >= 15 is 0 Å². The lowest BCUT2D eigenvalue weighted by molar-refractivity contribution is 0.358. The largest absolute Gasteiger partial charge is 0.491 e. The normalized spacial score (nSPS) is 9.50. The molecule has 1 rings (SSSR count). The van der Waals surface area contributed by atoms with Crippen LogP contribution in [-0.2, 0) is 0 Å². The molecule has 4 N–H and O–H groups in total. The molecule has 4 heteroatoms. The first kappa shape index (κ1) is 8.52. The summed E-state index contributed by atoms with van der Waals surface area (Å²) in [5, 5.41) is 0. The van der Waals surface area contributed by atoms with Gasteiger partial charge in [0, 0.05) is 0 Å². The summed E-state index contributed by atoms with van der Waals surface area (Å²) >= 11 is 0. The molecule has 0 spiro atoms. The zero-order chi connectivity index (χ0) is 9.14. The number of nitrogens with two attached hydrogens (primary N) is 2. The third kappa shape index (κ3) is 1.23. The lowest BCUT2D eigenvalue weighted by atomic mass is 10.2. The van der Waals surface area contributed by atoms with Crippen molar-refractivity contribution in [2.75, 3.05) is 25.7 Å². The first-order valence-electron chi connectivity index (χ1n) is 3.46. The smallest absolute Gasteiger partial charge is 0.185 e. The molecule has 0 aliphatic heterocycles. The second-order valence-electron chi connectivity index (χ2n) is 2.31. The van der Waals surface area contributed by atoms with Crippen LogP contribution in [0.5, 0.6) is 11.5 Å². The molecule has 0 unspecified atom stereocenters. The number of rotatable bonds is 2. The Morgan fingerprint density at radius 1 is 0.917 bits per heavy atom. The SMILES string of the molecule is COc1c(N)ccc(N)c1OC. The maximum atomic E-state index is 5.62. The van der Waals surface area contributed by atoms with Crippen molar-refractivity contribution in [2.45, 2.75) is 0 Å². The van der Waals surface area contributed by atoms with Crippen LogP contribution in [0.1, 0.15) is 0 Å². The fourth-order valence-electron chi connectivity index (χ4n) is 1.01. The van der Waals surface area contributed by atoms with Crippen molar-refractivity contribution < 1.29 is 9.47 Å². The van der Waals surface area contributed by atoms with Gasteiger partial charge in [0.1, 0.15) is 0 Å². The van der Waals surface area contributed by atoms with Gasteiger partial charge in [0.25, 0.3) is 0 Å². The number of nitrogen functional groups attached to an aromatic ring is 2. The van der Waals surface area contributed by atoms with E-state index in [1.165, 1.54) is 14.2 Å². The van der Waals surface area contributed by atoms with Crippen molar-refractivity contribution in [2.24, 2.45) is 0 Å². The second-order valence-corrected chi connectivity index (χ2v) is 2.31. The number of hydrogen-bond donors (Lipinski definition) is 2. The molecule has 66 valence electrons. The van der Waals surface area contributed by atoms with E-state index in [0.29, 0.717) is 22.9 Å². The minimum absolute atomic E-state index is 0.484. The van der Waals surface area contributed by atoms with Crippen LogP contribution in [0.3, 0.4) is 0 Å². The Kier molecular flexibility index (Phi) is 2.28. The van der Waals surface area contributed by atoms with E-state index < -0.39 is 0 Å². The minimum atomic E-state index is 0.484. The lowest BCUT2D eigenvalue weighted by Gasteiger charge is -2.11. The summed E-state index contributed by atoms with van der Waals surface area (Å²) < 4.78 is 10.0. The number of methoxy groups -OCH3 is 2. The summed E-state index contributed by atoms with van der Waals surface area (Å²) in [5.41, 5.74) is 12.3. The Morgan fingerprint density at radius 3 is 1.50 bits per heavy atom. The van der Waals surface area contributed by atoms with Gasteiger partial charge >= 0.3 is 0 Å². The molecule has 0 aliphatic carbocycles. The predicted molar refractivity (Wildman–Crippen MR) is 48.4 cm³/mol. The molecular formula is C8H12N2O2. The molecule has 0 aliphatic rings. The van der Waals surface area contributed by atoms with Crippen molar-refractivity contribution in [3.8, 4) is 11.5 Å². The van der Waals surface area contributed by atoms with Gasteiger partial charge in [0.05, 0.1) is 25.6 Å². The van der Waals surface area contributed by atoms with E-state index in [2.05, 4.69) is 0 Å². The highest BCUT2D eigenvalue weighted by Gasteiger charge is 2.10. The van der Waals surface area contributed by atoms with Crippen LogP contribution in [0.15, 0.2) is 12.1 Å². The van der Waals surface area contributed by atoms with E-state index in [9.17, 15) is 0 Å². The molecule has 1 aromatic rings. The highest BCUT2D eigenvalue weighted by molar-refractivity contribution is 5.70. The molecule has 0 saturated heterocycles. The number of anilines is 2. The Labute approximate surface area is 71.1 Å². The van der Waals surface area contributed by atoms with Gasteiger partial charge in [0.2, 0.25) is 0 Å². The Hall–Kier alpha value is -1.58.